The van der Waals surface area contributed by atoms with Gasteiger partial charge in [0.05, 0.1) is 15.0 Å². The lowest BCUT2D eigenvalue weighted by Gasteiger charge is -2.08. The van der Waals surface area contributed by atoms with Crippen molar-refractivity contribution in [1.82, 2.24) is 4.98 Å². The number of nitrogens with one attached hydrogen (secondary N) is 1. The van der Waals surface area contributed by atoms with Crippen LogP contribution in [0.5, 0.6) is 0 Å². The first kappa shape index (κ1) is 14.6. The van der Waals surface area contributed by atoms with Crippen LogP contribution in [0.15, 0.2) is 30.3 Å². The fourth-order valence-corrected chi connectivity index (χ4v) is 2.15. The van der Waals surface area contributed by atoms with E-state index in [0.29, 0.717) is 22.9 Å². The van der Waals surface area contributed by atoms with Gasteiger partial charge < -0.3 is 5.32 Å². The van der Waals surface area contributed by atoms with Crippen molar-refractivity contribution in [2.24, 2.45) is 0 Å². The summed E-state index contributed by atoms with van der Waals surface area (Å²) < 4.78 is 0. The molecule has 0 saturated heterocycles. The van der Waals surface area contributed by atoms with E-state index in [-0.39, 0.29) is 16.4 Å². The number of anilines is 1. The number of pyridine rings is 1. The van der Waals surface area contributed by atoms with Crippen molar-refractivity contribution in [3.05, 3.63) is 50.5 Å². The molecule has 0 bridgehead atoms. The summed E-state index contributed by atoms with van der Waals surface area (Å²) in [4.78, 5) is 14.9. The van der Waals surface area contributed by atoms with Crippen LogP contribution in [0.1, 0.15) is 6.92 Å². The largest absolute Gasteiger partial charge is 0.370 e. The van der Waals surface area contributed by atoms with Gasteiger partial charge in [-0.25, -0.2) is 4.98 Å². The van der Waals surface area contributed by atoms with E-state index in [2.05, 4.69) is 10.3 Å². The molecule has 1 heterocycles. The van der Waals surface area contributed by atoms with Crippen LogP contribution in [0.3, 0.4) is 0 Å². The number of hydrogen-bond acceptors (Lipinski definition) is 4. The Kier molecular flexibility index (Phi) is 4.42. The van der Waals surface area contributed by atoms with Gasteiger partial charge in [0.15, 0.2) is 5.69 Å². The molecule has 0 atom stereocenters. The number of benzene rings is 1. The minimum atomic E-state index is -0.491. The molecule has 1 aromatic heterocycles. The Bertz CT molecular complexity index is 662. The van der Waals surface area contributed by atoms with E-state index in [1.807, 2.05) is 6.92 Å². The SMILES string of the molecule is CCNc1ccc([N+](=O)[O-])c(-c2cccc(Cl)c2Cl)n1. The van der Waals surface area contributed by atoms with Gasteiger partial charge in [0, 0.05) is 18.2 Å². The molecule has 0 aliphatic heterocycles. The van der Waals surface area contributed by atoms with E-state index in [9.17, 15) is 10.1 Å². The van der Waals surface area contributed by atoms with Crippen molar-refractivity contribution < 1.29 is 4.92 Å². The molecule has 0 spiro atoms. The van der Waals surface area contributed by atoms with E-state index in [4.69, 9.17) is 23.2 Å². The second-order valence-electron chi connectivity index (χ2n) is 3.95. The van der Waals surface area contributed by atoms with E-state index < -0.39 is 4.92 Å². The van der Waals surface area contributed by atoms with Gasteiger partial charge in [0.2, 0.25) is 0 Å². The Morgan fingerprint density at radius 1 is 1.30 bits per heavy atom. The van der Waals surface area contributed by atoms with E-state index in [0.717, 1.165) is 0 Å². The summed E-state index contributed by atoms with van der Waals surface area (Å²) in [6, 6.07) is 7.91. The molecule has 5 nitrogen and oxygen atoms in total. The van der Waals surface area contributed by atoms with Crippen LogP contribution in [0, 0.1) is 10.1 Å². The summed E-state index contributed by atoms with van der Waals surface area (Å²) >= 11 is 12.1. The summed E-state index contributed by atoms with van der Waals surface area (Å²) in [6.45, 7) is 2.57. The van der Waals surface area contributed by atoms with Crippen molar-refractivity contribution in [2.45, 2.75) is 6.92 Å². The lowest BCUT2D eigenvalue weighted by atomic mass is 10.1. The van der Waals surface area contributed by atoms with Gasteiger partial charge in [0.25, 0.3) is 5.69 Å². The Hall–Kier alpha value is -1.85. The predicted octanol–water partition coefficient (Wildman–Crippen LogP) is 4.40. The first-order valence-electron chi connectivity index (χ1n) is 5.88. The van der Waals surface area contributed by atoms with Crippen LogP contribution < -0.4 is 5.32 Å². The van der Waals surface area contributed by atoms with Gasteiger partial charge in [-0.1, -0.05) is 35.3 Å². The monoisotopic (exact) mass is 311 g/mol. The maximum atomic E-state index is 11.1. The molecule has 2 aromatic rings. The van der Waals surface area contributed by atoms with Gasteiger partial charge >= 0.3 is 0 Å². The smallest absolute Gasteiger partial charge is 0.295 e. The second-order valence-corrected chi connectivity index (χ2v) is 4.74. The maximum Gasteiger partial charge on any atom is 0.295 e. The van der Waals surface area contributed by atoms with Crippen molar-refractivity contribution in [3.8, 4) is 11.3 Å². The van der Waals surface area contributed by atoms with E-state index in [1.54, 1.807) is 24.3 Å². The van der Waals surface area contributed by atoms with Gasteiger partial charge in [-0.3, -0.25) is 10.1 Å². The van der Waals surface area contributed by atoms with Crippen LogP contribution in [-0.2, 0) is 0 Å². The number of rotatable bonds is 4. The van der Waals surface area contributed by atoms with Crippen LogP contribution in [0.25, 0.3) is 11.3 Å². The standard InChI is InChI=1S/C13H11Cl2N3O2/c1-2-16-11-7-6-10(18(19)20)13(17-11)8-4-3-5-9(14)12(8)15/h3-7H,2H2,1H3,(H,16,17). The number of nitro groups is 1. The predicted molar refractivity (Wildman–Crippen MR) is 80.5 cm³/mol. The number of halogens is 2. The van der Waals surface area contributed by atoms with Crippen molar-refractivity contribution in [3.63, 3.8) is 0 Å². The molecule has 7 heteroatoms. The molecule has 0 aliphatic rings. The lowest BCUT2D eigenvalue weighted by Crippen LogP contribution is -2.02. The van der Waals surface area contributed by atoms with Crippen molar-refractivity contribution >= 4 is 34.7 Å². The topological polar surface area (TPSA) is 68.1 Å². The molecular weight excluding hydrogens is 301 g/mol. The summed E-state index contributed by atoms with van der Waals surface area (Å²) in [5.41, 5.74) is 0.516. The first-order chi connectivity index (χ1) is 9.54. The van der Waals surface area contributed by atoms with Crippen LogP contribution >= 0.6 is 23.2 Å². The second kappa shape index (κ2) is 6.07. The fourth-order valence-electron chi connectivity index (χ4n) is 1.76. The van der Waals surface area contributed by atoms with Gasteiger partial charge in [-0.2, -0.15) is 0 Å². The zero-order valence-electron chi connectivity index (χ0n) is 10.6. The number of aromatic nitrogens is 1. The zero-order chi connectivity index (χ0) is 14.7. The lowest BCUT2D eigenvalue weighted by molar-refractivity contribution is -0.384. The van der Waals surface area contributed by atoms with Crippen molar-refractivity contribution in [1.29, 1.82) is 0 Å². The molecule has 1 aromatic carbocycles. The molecule has 20 heavy (non-hydrogen) atoms. The van der Waals surface area contributed by atoms with E-state index >= 15 is 0 Å². The average Bonchev–Trinajstić information content (AvgIpc) is 2.42. The van der Waals surface area contributed by atoms with E-state index in [1.165, 1.54) is 6.07 Å². The zero-order valence-corrected chi connectivity index (χ0v) is 12.1. The summed E-state index contributed by atoms with van der Waals surface area (Å²) in [5, 5.41) is 14.7. The Labute approximate surface area is 125 Å². The summed E-state index contributed by atoms with van der Waals surface area (Å²) in [5.74, 6) is 0.546. The van der Waals surface area contributed by atoms with Gasteiger partial charge in [-0.15, -0.1) is 0 Å². The molecule has 2 rings (SSSR count). The van der Waals surface area contributed by atoms with Crippen LogP contribution in [0.4, 0.5) is 11.5 Å². The molecule has 0 saturated carbocycles. The third-order valence-electron chi connectivity index (χ3n) is 2.64. The molecule has 1 N–H and O–H groups in total. The molecule has 0 radical (unpaired) electrons. The van der Waals surface area contributed by atoms with Crippen molar-refractivity contribution in [2.75, 3.05) is 11.9 Å². The highest BCUT2D eigenvalue weighted by molar-refractivity contribution is 6.43. The number of nitrogens with zero attached hydrogens (tertiary/aromatic N) is 2. The third kappa shape index (κ3) is 2.84. The Balaban J connectivity index is 2.66. The molecular formula is C13H11Cl2N3O2. The third-order valence-corrected chi connectivity index (χ3v) is 3.45. The molecule has 0 amide bonds. The minimum absolute atomic E-state index is 0.115. The average molecular weight is 312 g/mol. The minimum Gasteiger partial charge on any atom is -0.370 e. The normalized spacial score (nSPS) is 10.3. The number of hydrogen-bond donors (Lipinski definition) is 1. The fraction of sp³-hybridized carbons (Fsp3) is 0.154. The molecule has 104 valence electrons. The molecule has 0 fully saturated rings. The van der Waals surface area contributed by atoms with Crippen LogP contribution in [0.2, 0.25) is 10.0 Å². The van der Waals surface area contributed by atoms with Gasteiger partial charge in [0.1, 0.15) is 5.82 Å². The first-order valence-corrected chi connectivity index (χ1v) is 6.64. The maximum absolute atomic E-state index is 11.1. The highest BCUT2D eigenvalue weighted by atomic mass is 35.5. The summed E-state index contributed by atoms with van der Waals surface area (Å²) in [6.07, 6.45) is 0. The van der Waals surface area contributed by atoms with Crippen LogP contribution in [-0.4, -0.2) is 16.5 Å². The Morgan fingerprint density at radius 3 is 2.70 bits per heavy atom. The highest BCUT2D eigenvalue weighted by Gasteiger charge is 2.20. The molecule has 0 aliphatic carbocycles. The quantitative estimate of drug-likeness (QED) is 0.671. The Morgan fingerprint density at radius 2 is 2.05 bits per heavy atom. The summed E-state index contributed by atoms with van der Waals surface area (Å²) in [7, 11) is 0. The molecule has 0 unspecified atom stereocenters. The highest BCUT2D eigenvalue weighted by Crippen LogP contribution is 2.37. The van der Waals surface area contributed by atoms with Gasteiger partial charge in [-0.05, 0) is 19.1 Å².